The third-order valence-electron chi connectivity index (χ3n) is 5.16. The molecule has 0 aliphatic carbocycles. The molecule has 1 saturated heterocycles. The molecule has 2 amide bonds. The Kier molecular flexibility index (Phi) is 8.00. The van der Waals surface area contributed by atoms with E-state index in [-0.39, 0.29) is 28.6 Å². The summed E-state index contributed by atoms with van der Waals surface area (Å²) in [6.07, 6.45) is 1.59. The van der Waals surface area contributed by atoms with E-state index in [1.807, 2.05) is 25.1 Å². The van der Waals surface area contributed by atoms with Gasteiger partial charge in [-0.25, -0.2) is 4.39 Å². The summed E-state index contributed by atoms with van der Waals surface area (Å²) in [5.41, 5.74) is 1.58. The summed E-state index contributed by atoms with van der Waals surface area (Å²) < 4.78 is 25.8. The standard InChI is InChI=1S/C26H20Cl2FNO4S/c1-2-33-23-12-16(10-11-22(23)34-15-17-6-3-4-7-19(17)27)13-24-25(31)30(26(32)35-24)14-18-20(28)8-5-9-21(18)29/h3-13H,2,14-15H2,1H3. The average Bonchev–Trinajstić information content (AvgIpc) is 3.09. The minimum atomic E-state index is -0.575. The van der Waals surface area contributed by atoms with Crippen LogP contribution in [-0.2, 0) is 17.9 Å². The molecule has 1 heterocycles. The van der Waals surface area contributed by atoms with Crippen LogP contribution in [-0.4, -0.2) is 22.7 Å². The lowest BCUT2D eigenvalue weighted by atomic mass is 10.1. The van der Waals surface area contributed by atoms with Crippen molar-refractivity contribution in [3.05, 3.63) is 98.1 Å². The first-order chi connectivity index (χ1) is 16.9. The van der Waals surface area contributed by atoms with Gasteiger partial charge < -0.3 is 9.47 Å². The van der Waals surface area contributed by atoms with Crippen LogP contribution in [0.5, 0.6) is 11.5 Å². The Morgan fingerprint density at radius 3 is 2.49 bits per heavy atom. The first-order valence-corrected chi connectivity index (χ1v) is 12.3. The first-order valence-electron chi connectivity index (χ1n) is 10.7. The Hall–Kier alpha value is -3.00. The van der Waals surface area contributed by atoms with E-state index in [0.29, 0.717) is 28.7 Å². The van der Waals surface area contributed by atoms with E-state index < -0.39 is 17.0 Å². The second kappa shape index (κ2) is 11.2. The summed E-state index contributed by atoms with van der Waals surface area (Å²) in [5, 5.41) is 0.265. The lowest BCUT2D eigenvalue weighted by Gasteiger charge is -2.14. The summed E-state index contributed by atoms with van der Waals surface area (Å²) in [5.74, 6) is -0.0810. The van der Waals surface area contributed by atoms with Crippen molar-refractivity contribution in [2.75, 3.05) is 6.61 Å². The average molecular weight is 532 g/mol. The normalized spacial score (nSPS) is 14.6. The number of carbonyl (C=O) groups excluding carboxylic acids is 2. The number of carbonyl (C=O) groups is 2. The van der Waals surface area contributed by atoms with Crippen molar-refractivity contribution in [3.8, 4) is 11.5 Å². The smallest absolute Gasteiger partial charge is 0.293 e. The molecule has 0 atom stereocenters. The van der Waals surface area contributed by atoms with Crippen LogP contribution < -0.4 is 9.47 Å². The van der Waals surface area contributed by atoms with Gasteiger partial charge in [0.2, 0.25) is 0 Å². The van der Waals surface area contributed by atoms with Crippen LogP contribution >= 0.6 is 35.0 Å². The van der Waals surface area contributed by atoms with Gasteiger partial charge in [0.15, 0.2) is 11.5 Å². The fourth-order valence-electron chi connectivity index (χ4n) is 3.40. The van der Waals surface area contributed by atoms with Crippen molar-refractivity contribution in [2.45, 2.75) is 20.1 Å². The fraction of sp³-hybridized carbons (Fsp3) is 0.154. The molecule has 1 fully saturated rings. The molecule has 0 radical (unpaired) electrons. The molecular formula is C26H20Cl2FNO4S. The van der Waals surface area contributed by atoms with Gasteiger partial charge in [-0.2, -0.15) is 0 Å². The minimum absolute atomic E-state index is 0.0939. The van der Waals surface area contributed by atoms with Crippen LogP contribution in [0, 0.1) is 5.82 Å². The number of hydrogen-bond donors (Lipinski definition) is 0. The summed E-state index contributed by atoms with van der Waals surface area (Å²) in [6, 6.07) is 16.8. The number of benzene rings is 3. The molecule has 0 N–H and O–H groups in total. The molecule has 35 heavy (non-hydrogen) atoms. The van der Waals surface area contributed by atoms with E-state index in [9.17, 15) is 14.0 Å². The topological polar surface area (TPSA) is 55.8 Å². The van der Waals surface area contributed by atoms with Crippen molar-refractivity contribution < 1.29 is 23.5 Å². The van der Waals surface area contributed by atoms with Gasteiger partial charge in [0.1, 0.15) is 12.4 Å². The third-order valence-corrected chi connectivity index (χ3v) is 6.79. The minimum Gasteiger partial charge on any atom is -0.490 e. The van der Waals surface area contributed by atoms with E-state index in [2.05, 4.69) is 0 Å². The largest absolute Gasteiger partial charge is 0.490 e. The van der Waals surface area contributed by atoms with Crippen molar-refractivity contribution in [1.82, 2.24) is 4.90 Å². The van der Waals surface area contributed by atoms with Crippen molar-refractivity contribution in [1.29, 1.82) is 0 Å². The Balaban J connectivity index is 1.53. The lowest BCUT2D eigenvalue weighted by molar-refractivity contribution is -0.123. The van der Waals surface area contributed by atoms with Gasteiger partial charge in [0.05, 0.1) is 18.1 Å². The van der Waals surface area contributed by atoms with Gasteiger partial charge in [0, 0.05) is 21.2 Å². The molecule has 0 bridgehead atoms. The molecule has 0 aromatic heterocycles. The maximum Gasteiger partial charge on any atom is 0.293 e. The van der Waals surface area contributed by atoms with Crippen LogP contribution in [0.2, 0.25) is 10.0 Å². The molecular weight excluding hydrogens is 512 g/mol. The van der Waals surface area contributed by atoms with E-state index >= 15 is 0 Å². The van der Waals surface area contributed by atoms with Crippen molar-refractivity contribution >= 4 is 52.2 Å². The van der Waals surface area contributed by atoms with Crippen LogP contribution in [0.3, 0.4) is 0 Å². The Bertz CT molecular complexity index is 1290. The summed E-state index contributed by atoms with van der Waals surface area (Å²) in [6.45, 7) is 2.28. The molecule has 4 rings (SSSR count). The number of hydrogen-bond acceptors (Lipinski definition) is 5. The Morgan fingerprint density at radius 1 is 0.971 bits per heavy atom. The molecule has 3 aromatic carbocycles. The maximum absolute atomic E-state index is 14.2. The summed E-state index contributed by atoms with van der Waals surface area (Å²) in [4.78, 5) is 26.6. The van der Waals surface area contributed by atoms with Gasteiger partial charge in [0.25, 0.3) is 11.1 Å². The highest BCUT2D eigenvalue weighted by Gasteiger charge is 2.36. The maximum atomic E-state index is 14.2. The summed E-state index contributed by atoms with van der Waals surface area (Å²) in [7, 11) is 0. The van der Waals surface area contributed by atoms with Gasteiger partial charge >= 0.3 is 0 Å². The number of rotatable bonds is 8. The molecule has 180 valence electrons. The number of nitrogens with zero attached hydrogens (tertiary/aromatic N) is 1. The molecule has 3 aromatic rings. The SMILES string of the molecule is CCOc1cc(C=C2SC(=O)N(Cc3c(F)cccc3Cl)C2=O)ccc1OCc1ccccc1Cl. The molecule has 0 saturated carbocycles. The highest BCUT2D eigenvalue weighted by molar-refractivity contribution is 8.18. The van der Waals surface area contributed by atoms with Crippen LogP contribution in [0.4, 0.5) is 9.18 Å². The highest BCUT2D eigenvalue weighted by Crippen LogP contribution is 2.36. The van der Waals surface area contributed by atoms with E-state index in [1.165, 1.54) is 18.2 Å². The van der Waals surface area contributed by atoms with Crippen molar-refractivity contribution in [2.24, 2.45) is 0 Å². The van der Waals surface area contributed by atoms with E-state index in [1.54, 1.807) is 30.3 Å². The summed E-state index contributed by atoms with van der Waals surface area (Å²) >= 11 is 13.1. The van der Waals surface area contributed by atoms with Crippen LogP contribution in [0.1, 0.15) is 23.6 Å². The number of amides is 2. The predicted octanol–water partition coefficient (Wildman–Crippen LogP) is 7.35. The van der Waals surface area contributed by atoms with Gasteiger partial charge in [-0.3, -0.25) is 14.5 Å². The number of halogens is 3. The van der Waals surface area contributed by atoms with Crippen molar-refractivity contribution in [3.63, 3.8) is 0 Å². The number of thioether (sulfide) groups is 1. The highest BCUT2D eigenvalue weighted by atomic mass is 35.5. The monoisotopic (exact) mass is 531 g/mol. The lowest BCUT2D eigenvalue weighted by Crippen LogP contribution is -2.28. The molecule has 0 unspecified atom stereocenters. The Morgan fingerprint density at radius 2 is 1.74 bits per heavy atom. The third kappa shape index (κ3) is 5.81. The molecule has 9 heteroatoms. The number of imide groups is 1. The molecule has 1 aliphatic heterocycles. The molecule has 0 spiro atoms. The second-order valence-electron chi connectivity index (χ2n) is 7.49. The Labute approximate surface area is 216 Å². The van der Waals surface area contributed by atoms with Crippen LogP contribution in [0.15, 0.2) is 65.6 Å². The van der Waals surface area contributed by atoms with Gasteiger partial charge in [-0.15, -0.1) is 0 Å². The zero-order valence-corrected chi connectivity index (χ0v) is 20.9. The quantitative estimate of drug-likeness (QED) is 0.284. The van der Waals surface area contributed by atoms with Gasteiger partial charge in [-0.1, -0.05) is 53.5 Å². The van der Waals surface area contributed by atoms with E-state index in [4.69, 9.17) is 32.7 Å². The van der Waals surface area contributed by atoms with Gasteiger partial charge in [-0.05, 0) is 60.7 Å². The zero-order chi connectivity index (χ0) is 24.9. The number of ether oxygens (including phenoxy) is 2. The van der Waals surface area contributed by atoms with E-state index in [0.717, 1.165) is 22.2 Å². The molecule has 5 nitrogen and oxygen atoms in total. The second-order valence-corrected chi connectivity index (χ2v) is 9.29. The first kappa shape index (κ1) is 25.1. The van der Waals surface area contributed by atoms with Crippen LogP contribution in [0.25, 0.3) is 6.08 Å². The predicted molar refractivity (Wildman–Crippen MR) is 136 cm³/mol. The fourth-order valence-corrected chi connectivity index (χ4v) is 4.65. The molecule has 1 aliphatic rings. The zero-order valence-electron chi connectivity index (χ0n) is 18.6.